The fourth-order valence-electron chi connectivity index (χ4n) is 3.54. The molecule has 0 aromatic carbocycles. The fraction of sp³-hybridized carbons (Fsp3) is 0.842. The molecule has 5 atom stereocenters. The molecule has 0 aliphatic carbocycles. The molecule has 2 aliphatic rings. The highest BCUT2D eigenvalue weighted by Gasteiger charge is 2.58. The average Bonchev–Trinajstić information content (AvgIpc) is 3.07. The summed E-state index contributed by atoms with van der Waals surface area (Å²) >= 11 is 0. The first kappa shape index (κ1) is 23.0. The third-order valence-electron chi connectivity index (χ3n) is 4.89. The zero-order chi connectivity index (χ0) is 20.4. The molecule has 1 amide bonds. The Labute approximate surface area is 165 Å². The minimum Gasteiger partial charge on any atom is -0.388 e. The highest BCUT2D eigenvalue weighted by atomic mass is 16.6. The lowest BCUT2D eigenvalue weighted by Gasteiger charge is -2.44. The molecule has 2 aliphatic heterocycles. The lowest BCUT2D eigenvalue weighted by Crippen LogP contribution is -2.65. The molecular formula is C19H31NO8. The van der Waals surface area contributed by atoms with Gasteiger partial charge in [0.2, 0.25) is 5.91 Å². The number of rotatable bonds is 13. The van der Waals surface area contributed by atoms with Gasteiger partial charge in [-0.05, 0) is 12.8 Å². The maximum Gasteiger partial charge on any atom is 0.217 e. The van der Waals surface area contributed by atoms with Crippen LogP contribution in [-0.4, -0.2) is 98.9 Å². The van der Waals surface area contributed by atoms with Gasteiger partial charge in [0.05, 0.1) is 58.4 Å². The SMILES string of the molecule is C#CCOCCOCCOCCOC[C@@]12CC[C@@H](O1)[C@H](NC(C)=O)[C@@H](O)[C@H]2O. The van der Waals surface area contributed by atoms with Crippen LogP contribution in [0.3, 0.4) is 0 Å². The summed E-state index contributed by atoms with van der Waals surface area (Å²) in [4.78, 5) is 11.3. The van der Waals surface area contributed by atoms with Crippen molar-refractivity contribution in [1.29, 1.82) is 0 Å². The molecule has 0 spiro atoms. The first-order valence-corrected chi connectivity index (χ1v) is 9.55. The Kier molecular flexibility index (Phi) is 9.61. The average molecular weight is 401 g/mol. The zero-order valence-corrected chi connectivity index (χ0v) is 16.3. The molecule has 9 heteroatoms. The van der Waals surface area contributed by atoms with E-state index in [9.17, 15) is 15.0 Å². The number of amides is 1. The zero-order valence-electron chi connectivity index (χ0n) is 16.3. The monoisotopic (exact) mass is 401 g/mol. The molecule has 160 valence electrons. The topological polar surface area (TPSA) is 116 Å². The van der Waals surface area contributed by atoms with E-state index in [0.29, 0.717) is 52.5 Å². The number of nitrogens with one attached hydrogen (secondary N) is 1. The molecule has 2 bridgehead atoms. The first-order chi connectivity index (χ1) is 13.5. The van der Waals surface area contributed by atoms with Crippen molar-refractivity contribution in [2.45, 2.75) is 49.7 Å². The van der Waals surface area contributed by atoms with Crippen LogP contribution in [0.2, 0.25) is 0 Å². The molecule has 3 N–H and O–H groups in total. The van der Waals surface area contributed by atoms with Crippen molar-refractivity contribution in [3.63, 3.8) is 0 Å². The summed E-state index contributed by atoms with van der Waals surface area (Å²) in [5.74, 6) is 2.11. The van der Waals surface area contributed by atoms with E-state index in [1.165, 1.54) is 6.92 Å². The Morgan fingerprint density at radius 2 is 1.75 bits per heavy atom. The second-order valence-corrected chi connectivity index (χ2v) is 6.96. The van der Waals surface area contributed by atoms with Gasteiger partial charge in [-0.3, -0.25) is 4.79 Å². The summed E-state index contributed by atoms with van der Waals surface area (Å²) in [5.41, 5.74) is -0.944. The Hall–Kier alpha value is -1.25. The molecule has 0 aromatic heterocycles. The lowest BCUT2D eigenvalue weighted by atomic mass is 9.88. The van der Waals surface area contributed by atoms with E-state index in [1.807, 2.05) is 0 Å². The second-order valence-electron chi connectivity index (χ2n) is 6.96. The van der Waals surface area contributed by atoms with Crippen LogP contribution in [0.5, 0.6) is 0 Å². The normalized spacial score (nSPS) is 31.5. The van der Waals surface area contributed by atoms with Gasteiger partial charge in [0.1, 0.15) is 24.4 Å². The predicted molar refractivity (Wildman–Crippen MR) is 98.6 cm³/mol. The van der Waals surface area contributed by atoms with Crippen molar-refractivity contribution in [3.8, 4) is 12.3 Å². The van der Waals surface area contributed by atoms with Crippen LogP contribution in [0.1, 0.15) is 19.8 Å². The van der Waals surface area contributed by atoms with E-state index < -0.39 is 23.9 Å². The second kappa shape index (κ2) is 11.7. The van der Waals surface area contributed by atoms with Crippen molar-refractivity contribution < 1.29 is 38.7 Å². The van der Waals surface area contributed by atoms with Gasteiger partial charge in [0, 0.05) is 6.92 Å². The Morgan fingerprint density at radius 3 is 2.36 bits per heavy atom. The van der Waals surface area contributed by atoms with Crippen LogP contribution in [0.25, 0.3) is 0 Å². The Balaban J connectivity index is 1.57. The maximum atomic E-state index is 11.3. The van der Waals surface area contributed by atoms with Crippen LogP contribution < -0.4 is 5.32 Å². The molecule has 28 heavy (non-hydrogen) atoms. The number of ether oxygens (including phenoxy) is 5. The van der Waals surface area contributed by atoms with E-state index in [-0.39, 0.29) is 25.2 Å². The number of terminal acetylenes is 1. The van der Waals surface area contributed by atoms with Crippen LogP contribution in [0.15, 0.2) is 0 Å². The van der Waals surface area contributed by atoms with Crippen molar-refractivity contribution in [2.75, 3.05) is 52.9 Å². The highest BCUT2D eigenvalue weighted by Crippen LogP contribution is 2.42. The summed E-state index contributed by atoms with van der Waals surface area (Å²) in [5, 5.41) is 23.5. The van der Waals surface area contributed by atoms with Gasteiger partial charge < -0.3 is 39.2 Å². The quantitative estimate of drug-likeness (QED) is 0.262. The summed E-state index contributed by atoms with van der Waals surface area (Å²) < 4.78 is 27.4. The molecule has 0 saturated carbocycles. The number of carbonyl (C=O) groups excluding carboxylic acids is 1. The summed E-state index contributed by atoms with van der Waals surface area (Å²) in [6, 6.07) is -0.608. The van der Waals surface area contributed by atoms with E-state index in [2.05, 4.69) is 11.2 Å². The first-order valence-electron chi connectivity index (χ1n) is 9.55. The Bertz CT molecular complexity index is 525. The largest absolute Gasteiger partial charge is 0.388 e. The fourth-order valence-corrected chi connectivity index (χ4v) is 3.54. The number of aliphatic hydroxyl groups excluding tert-OH is 2. The number of carbonyl (C=O) groups is 1. The van der Waals surface area contributed by atoms with Gasteiger partial charge >= 0.3 is 0 Å². The number of hydrogen-bond donors (Lipinski definition) is 3. The van der Waals surface area contributed by atoms with Gasteiger partial charge in [0.15, 0.2) is 0 Å². The standard InChI is InChI=1S/C19H31NO8/c1-3-6-24-7-8-25-9-10-26-11-12-27-13-19-5-4-15(28-19)16(20-14(2)21)17(22)18(19)23/h1,15-18,22-23H,4-13H2,2H3,(H,20,21)/t15-,16+,17-,18-,19-/m1/s1. The van der Waals surface area contributed by atoms with Crippen molar-refractivity contribution >= 4 is 5.91 Å². The minimum atomic E-state index is -1.13. The number of hydrogen-bond acceptors (Lipinski definition) is 8. The molecule has 2 rings (SSSR count). The number of aliphatic hydroxyl groups is 2. The molecule has 2 heterocycles. The third-order valence-corrected chi connectivity index (χ3v) is 4.89. The van der Waals surface area contributed by atoms with Crippen LogP contribution >= 0.6 is 0 Å². The van der Waals surface area contributed by atoms with Gasteiger partial charge in [-0.15, -0.1) is 6.42 Å². The molecule has 9 nitrogen and oxygen atoms in total. The van der Waals surface area contributed by atoms with Crippen molar-refractivity contribution in [1.82, 2.24) is 5.32 Å². The predicted octanol–water partition coefficient (Wildman–Crippen LogP) is -1.16. The Morgan fingerprint density at radius 1 is 1.14 bits per heavy atom. The summed E-state index contributed by atoms with van der Waals surface area (Å²) in [6.07, 6.45) is 3.70. The number of fused-ring (bicyclic) bond motifs is 2. The van der Waals surface area contributed by atoms with Crippen molar-refractivity contribution in [2.24, 2.45) is 0 Å². The van der Waals surface area contributed by atoms with E-state index >= 15 is 0 Å². The molecule has 0 aromatic rings. The van der Waals surface area contributed by atoms with Gasteiger partial charge in [0.25, 0.3) is 0 Å². The van der Waals surface area contributed by atoms with Crippen LogP contribution in [-0.2, 0) is 28.5 Å². The maximum absolute atomic E-state index is 11.3. The van der Waals surface area contributed by atoms with E-state index in [0.717, 1.165) is 0 Å². The highest BCUT2D eigenvalue weighted by molar-refractivity contribution is 5.73. The van der Waals surface area contributed by atoms with Crippen LogP contribution in [0.4, 0.5) is 0 Å². The van der Waals surface area contributed by atoms with Crippen LogP contribution in [0, 0.1) is 12.3 Å². The van der Waals surface area contributed by atoms with Gasteiger partial charge in [-0.25, -0.2) is 0 Å². The molecular weight excluding hydrogens is 370 g/mol. The summed E-state index contributed by atoms with van der Waals surface area (Å²) in [7, 11) is 0. The molecule has 2 fully saturated rings. The van der Waals surface area contributed by atoms with E-state index in [4.69, 9.17) is 30.1 Å². The summed E-state index contributed by atoms with van der Waals surface area (Å²) in [6.45, 7) is 4.31. The van der Waals surface area contributed by atoms with Gasteiger partial charge in [-0.1, -0.05) is 5.92 Å². The molecule has 2 saturated heterocycles. The van der Waals surface area contributed by atoms with Gasteiger partial charge in [-0.2, -0.15) is 0 Å². The van der Waals surface area contributed by atoms with Crippen molar-refractivity contribution in [3.05, 3.63) is 0 Å². The molecule has 0 radical (unpaired) electrons. The van der Waals surface area contributed by atoms with E-state index in [1.54, 1.807) is 0 Å². The lowest BCUT2D eigenvalue weighted by molar-refractivity contribution is -0.226. The smallest absolute Gasteiger partial charge is 0.217 e. The molecule has 0 unspecified atom stereocenters. The third kappa shape index (κ3) is 6.39. The minimum absolute atomic E-state index is 0.154.